The molecule has 14 nitrogen and oxygen atoms in total. The molecule has 4 aromatic carbocycles. The van der Waals surface area contributed by atoms with Crippen molar-refractivity contribution in [1.82, 2.24) is 10.9 Å². The first kappa shape index (κ1) is 41.7. The number of hydrogen-bond donors (Lipinski definition) is 8. The molecule has 4 rings (SSSR count). The molecule has 0 aromatic heterocycles. The lowest BCUT2D eigenvalue weighted by molar-refractivity contribution is 0.0721. The molecule has 4 aromatic rings. The number of rotatable bonds is 19. The molecule has 0 amide bonds. The summed E-state index contributed by atoms with van der Waals surface area (Å²) in [7, 11) is 3.17. The van der Waals surface area contributed by atoms with E-state index in [0.29, 0.717) is 85.8 Å². The van der Waals surface area contributed by atoms with Crippen molar-refractivity contribution >= 4 is 34.0 Å². The van der Waals surface area contributed by atoms with E-state index in [9.17, 15) is 30.6 Å². The number of hydrazone groups is 2. The van der Waals surface area contributed by atoms with Gasteiger partial charge in [0.25, 0.3) is 0 Å². The molecular formula is C40H54N4O10. The van der Waals surface area contributed by atoms with Gasteiger partial charge in [0, 0.05) is 47.2 Å². The fraction of sp³-hybridized carbons (Fsp3) is 0.450. The second-order valence-electron chi connectivity index (χ2n) is 13.6. The van der Waals surface area contributed by atoms with Gasteiger partial charge in [-0.15, -0.1) is 0 Å². The first-order valence-electron chi connectivity index (χ1n) is 17.9. The van der Waals surface area contributed by atoms with E-state index < -0.39 is 11.5 Å². The molecule has 294 valence electrons. The molecular weight excluding hydrogens is 696 g/mol. The molecule has 8 N–H and O–H groups in total. The van der Waals surface area contributed by atoms with Crippen molar-refractivity contribution in [2.24, 2.45) is 10.2 Å². The van der Waals surface area contributed by atoms with Crippen LogP contribution >= 0.6 is 0 Å². The van der Waals surface area contributed by atoms with Crippen LogP contribution in [0.25, 0.3) is 32.7 Å². The summed E-state index contributed by atoms with van der Waals surface area (Å²) in [5.74, 6) is -2.59. The molecule has 0 spiro atoms. The van der Waals surface area contributed by atoms with Gasteiger partial charge in [-0.1, -0.05) is 39.8 Å². The van der Waals surface area contributed by atoms with Gasteiger partial charge in [0.1, 0.15) is 11.5 Å². The Bertz CT molecular complexity index is 1870. The van der Waals surface area contributed by atoms with E-state index in [1.54, 1.807) is 40.2 Å². The largest absolute Gasteiger partial charge is 0.507 e. The molecule has 14 heteroatoms. The quantitative estimate of drug-likeness (QED) is 0.0243. The van der Waals surface area contributed by atoms with Crippen molar-refractivity contribution in [3.63, 3.8) is 0 Å². The third-order valence-corrected chi connectivity index (χ3v) is 9.14. The summed E-state index contributed by atoms with van der Waals surface area (Å²) in [6, 6.07) is 3.59. The number of nitrogens with zero attached hydrogens (tertiary/aromatic N) is 2. The minimum atomic E-state index is -0.463. The average molecular weight is 751 g/mol. The highest BCUT2D eigenvalue weighted by Gasteiger charge is 2.29. The van der Waals surface area contributed by atoms with Crippen LogP contribution in [0.1, 0.15) is 72.9 Å². The van der Waals surface area contributed by atoms with Crippen LogP contribution in [0.2, 0.25) is 0 Å². The molecule has 0 bridgehead atoms. The number of phenols is 6. The number of methoxy groups -OCH3 is 2. The minimum absolute atomic E-state index is 0.0612. The van der Waals surface area contributed by atoms with Crippen LogP contribution in [0, 0.1) is 13.8 Å². The van der Waals surface area contributed by atoms with Crippen LogP contribution in [0.5, 0.6) is 34.5 Å². The molecule has 0 unspecified atom stereocenters. The fourth-order valence-corrected chi connectivity index (χ4v) is 6.70. The second-order valence-corrected chi connectivity index (χ2v) is 13.6. The van der Waals surface area contributed by atoms with Crippen molar-refractivity contribution in [2.75, 3.05) is 67.0 Å². The zero-order valence-corrected chi connectivity index (χ0v) is 32.3. The molecule has 0 fully saturated rings. The van der Waals surface area contributed by atoms with E-state index >= 15 is 0 Å². The summed E-state index contributed by atoms with van der Waals surface area (Å²) in [5, 5.41) is 79.4. The highest BCUT2D eigenvalue weighted by atomic mass is 16.5. The van der Waals surface area contributed by atoms with E-state index in [4.69, 9.17) is 18.9 Å². The molecule has 0 aliphatic carbocycles. The average Bonchev–Trinajstić information content (AvgIpc) is 3.11. The third-order valence-electron chi connectivity index (χ3n) is 9.14. The predicted octanol–water partition coefficient (Wildman–Crippen LogP) is 5.93. The molecule has 0 aliphatic heterocycles. The summed E-state index contributed by atoms with van der Waals surface area (Å²) in [6.45, 7) is 14.2. The molecule has 0 radical (unpaired) electrons. The number of phenolic OH excluding ortho intramolecular Hbond substituents is 6. The lowest BCUT2D eigenvalue weighted by atomic mass is 9.83. The Morgan fingerprint density at radius 2 is 0.926 bits per heavy atom. The lowest BCUT2D eigenvalue weighted by Gasteiger charge is -2.23. The van der Waals surface area contributed by atoms with Crippen LogP contribution in [0.3, 0.4) is 0 Å². The summed E-state index contributed by atoms with van der Waals surface area (Å²) >= 11 is 0. The molecule has 0 saturated heterocycles. The number of aryl methyl sites for hydroxylation is 2. The fourth-order valence-electron chi connectivity index (χ4n) is 6.70. The molecule has 0 aliphatic rings. The van der Waals surface area contributed by atoms with Crippen LogP contribution < -0.4 is 10.9 Å². The molecule has 0 heterocycles. The Morgan fingerprint density at radius 3 is 1.26 bits per heavy atom. The van der Waals surface area contributed by atoms with Crippen molar-refractivity contribution in [1.29, 1.82) is 0 Å². The van der Waals surface area contributed by atoms with E-state index in [1.165, 1.54) is 12.4 Å². The van der Waals surface area contributed by atoms with Gasteiger partial charge in [-0.3, -0.25) is 0 Å². The van der Waals surface area contributed by atoms with Gasteiger partial charge >= 0.3 is 0 Å². The summed E-state index contributed by atoms with van der Waals surface area (Å²) < 4.78 is 20.9. The predicted molar refractivity (Wildman–Crippen MR) is 211 cm³/mol. The van der Waals surface area contributed by atoms with Gasteiger partial charge in [0.2, 0.25) is 0 Å². The van der Waals surface area contributed by atoms with Crippen LogP contribution in [-0.2, 0) is 18.9 Å². The van der Waals surface area contributed by atoms with Gasteiger partial charge in [0.15, 0.2) is 23.0 Å². The van der Waals surface area contributed by atoms with Crippen molar-refractivity contribution in [3.05, 3.63) is 45.5 Å². The third kappa shape index (κ3) is 8.68. The molecule has 0 saturated carbocycles. The maximum Gasteiger partial charge on any atom is 0.167 e. The zero-order valence-electron chi connectivity index (χ0n) is 32.3. The van der Waals surface area contributed by atoms with Crippen molar-refractivity contribution in [3.8, 4) is 45.6 Å². The minimum Gasteiger partial charge on any atom is -0.507 e. The SMILES string of the molecule is COCCOCCN/N=C/c1c(O)c(O)c(C(C)C)c2cc(C)c(-c3c(C)cc4c(C(C)C)c(O)c(O)c(/C=N/NCCOCCOC)c4c3O)c(O)c12. The Labute approximate surface area is 315 Å². The van der Waals surface area contributed by atoms with Gasteiger partial charge in [0.05, 0.1) is 76.3 Å². The van der Waals surface area contributed by atoms with E-state index in [1.807, 2.05) is 27.7 Å². The molecule has 0 atom stereocenters. The standard InChI is InChI=1S/C40H54N4O10/c1-21(2)29-25-17-23(5)31(37(47)33(25)27(35(45)39(29)49)19-43-41-9-11-53-15-13-51-7)32-24(6)18-26-30(22(3)4)40(50)36(46)28(34(26)38(32)48)20-44-42-10-12-54-16-14-52-8/h17-22,41-42,45-50H,9-16H2,1-8H3/b43-19+,44-20+. The van der Waals surface area contributed by atoms with Gasteiger partial charge < -0.3 is 60.4 Å². The Morgan fingerprint density at radius 1 is 0.556 bits per heavy atom. The topological polar surface area (TPSA) is 207 Å². The zero-order chi connectivity index (χ0) is 39.7. The lowest BCUT2D eigenvalue weighted by Crippen LogP contribution is -2.15. The Balaban J connectivity index is 1.95. The summed E-state index contributed by atoms with van der Waals surface area (Å²) in [5.41, 5.74) is 8.36. The number of nitrogens with one attached hydrogen (secondary N) is 2. The van der Waals surface area contributed by atoms with Gasteiger partial charge in [-0.2, -0.15) is 10.2 Å². The first-order chi connectivity index (χ1) is 25.8. The van der Waals surface area contributed by atoms with E-state index in [-0.39, 0.29) is 67.9 Å². The van der Waals surface area contributed by atoms with E-state index in [0.717, 1.165) is 0 Å². The van der Waals surface area contributed by atoms with Gasteiger partial charge in [-0.05, 0) is 47.6 Å². The smallest absolute Gasteiger partial charge is 0.167 e. The van der Waals surface area contributed by atoms with E-state index in [2.05, 4.69) is 21.1 Å². The maximum absolute atomic E-state index is 12.3. The summed E-state index contributed by atoms with van der Waals surface area (Å²) in [4.78, 5) is 0. The van der Waals surface area contributed by atoms with Crippen LogP contribution in [0.4, 0.5) is 0 Å². The number of hydrogen-bond acceptors (Lipinski definition) is 14. The monoisotopic (exact) mass is 750 g/mol. The highest BCUT2D eigenvalue weighted by Crippen LogP contribution is 2.54. The van der Waals surface area contributed by atoms with Crippen molar-refractivity contribution < 1.29 is 49.6 Å². The van der Waals surface area contributed by atoms with Gasteiger partial charge in [-0.25, -0.2) is 0 Å². The number of aromatic hydroxyl groups is 6. The Kier molecular flexibility index (Phi) is 14.6. The first-order valence-corrected chi connectivity index (χ1v) is 17.9. The normalized spacial score (nSPS) is 12.1. The highest BCUT2D eigenvalue weighted by molar-refractivity contribution is 6.15. The second kappa shape index (κ2) is 18.8. The van der Waals surface area contributed by atoms with Crippen molar-refractivity contribution in [2.45, 2.75) is 53.4 Å². The number of benzene rings is 4. The van der Waals surface area contributed by atoms with Crippen LogP contribution in [-0.4, -0.2) is 110 Å². The Hall–Kier alpha value is -5.02. The summed E-state index contributed by atoms with van der Waals surface area (Å²) in [6.07, 6.45) is 2.64. The number of fused-ring (bicyclic) bond motifs is 2. The number of ether oxygens (including phenoxy) is 4. The maximum atomic E-state index is 12.3. The van der Waals surface area contributed by atoms with Crippen LogP contribution in [0.15, 0.2) is 22.3 Å². The molecule has 54 heavy (non-hydrogen) atoms.